The first-order chi connectivity index (χ1) is 13.5. The Balaban J connectivity index is 2.15. The fourth-order valence-corrected chi connectivity index (χ4v) is 3.72. The Bertz CT molecular complexity index is 671. The Morgan fingerprint density at radius 3 is 1.79 bits per heavy atom. The maximum Gasteiger partial charge on any atom is 0.0589 e. The van der Waals surface area contributed by atoms with E-state index in [-0.39, 0.29) is 12.6 Å². The molecule has 3 heteroatoms. The molecule has 0 amide bonds. The molecule has 2 aromatic carbocycles. The van der Waals surface area contributed by atoms with Gasteiger partial charge in [-0.2, -0.15) is 0 Å². The van der Waals surface area contributed by atoms with Gasteiger partial charge in [0.1, 0.15) is 0 Å². The first kappa shape index (κ1) is 22.4. The van der Waals surface area contributed by atoms with Crippen LogP contribution in [0.5, 0.6) is 0 Å². The van der Waals surface area contributed by atoms with E-state index in [0.717, 1.165) is 26.2 Å². The van der Waals surface area contributed by atoms with Gasteiger partial charge < -0.3 is 5.11 Å². The Morgan fingerprint density at radius 2 is 1.36 bits per heavy atom. The highest BCUT2D eigenvalue weighted by atomic mass is 16.3. The van der Waals surface area contributed by atoms with Crippen molar-refractivity contribution in [3.05, 3.63) is 84.4 Å². The molecule has 0 aliphatic carbocycles. The molecular weight excluding hydrogens is 344 g/mol. The van der Waals surface area contributed by atoms with Crippen molar-refractivity contribution in [1.29, 1.82) is 0 Å². The zero-order valence-corrected chi connectivity index (χ0v) is 17.7. The van der Waals surface area contributed by atoms with E-state index in [4.69, 9.17) is 0 Å². The van der Waals surface area contributed by atoms with Crippen LogP contribution in [0.15, 0.2) is 73.3 Å². The molecule has 0 aliphatic heterocycles. The van der Waals surface area contributed by atoms with Crippen molar-refractivity contribution in [2.45, 2.75) is 45.9 Å². The summed E-state index contributed by atoms with van der Waals surface area (Å²) in [6.07, 6.45) is 1.98. The van der Waals surface area contributed by atoms with E-state index in [2.05, 4.69) is 91.7 Å². The number of rotatable bonds is 12. The summed E-state index contributed by atoms with van der Waals surface area (Å²) in [7, 11) is 0. The predicted molar refractivity (Wildman–Crippen MR) is 119 cm³/mol. The molecule has 1 N–H and O–H groups in total. The summed E-state index contributed by atoms with van der Waals surface area (Å²) < 4.78 is 0. The lowest BCUT2D eigenvalue weighted by Gasteiger charge is -2.38. The summed E-state index contributed by atoms with van der Waals surface area (Å²) in [6, 6.07) is 21.6. The van der Waals surface area contributed by atoms with Crippen molar-refractivity contribution < 1.29 is 5.11 Å². The molecule has 3 nitrogen and oxygen atoms in total. The lowest BCUT2D eigenvalue weighted by molar-refractivity contribution is 0.0568. The second kappa shape index (κ2) is 11.8. The van der Waals surface area contributed by atoms with Gasteiger partial charge in [0.25, 0.3) is 0 Å². The molecular formula is C25H36N2O. The molecule has 152 valence electrons. The maximum atomic E-state index is 10.1. The average molecular weight is 381 g/mol. The number of aliphatic hydroxyl groups excluding tert-OH is 1. The summed E-state index contributed by atoms with van der Waals surface area (Å²) in [5.74, 6) is 0.392. The predicted octanol–water partition coefficient (Wildman–Crippen LogP) is 4.58. The van der Waals surface area contributed by atoms with Crippen LogP contribution in [0.25, 0.3) is 0 Å². The van der Waals surface area contributed by atoms with Crippen molar-refractivity contribution >= 4 is 0 Å². The summed E-state index contributed by atoms with van der Waals surface area (Å²) in [4.78, 5) is 4.89. The van der Waals surface area contributed by atoms with E-state index >= 15 is 0 Å². The SMILES string of the molecule is C=CCN(Cc1ccccc1)[C@@H](C)CN(Cc1ccccc1)[C@H](CO)C(C)C. The molecule has 2 atom stereocenters. The highest BCUT2D eigenvalue weighted by molar-refractivity contribution is 5.16. The minimum Gasteiger partial charge on any atom is -0.395 e. The third-order valence-electron chi connectivity index (χ3n) is 5.37. The number of hydrogen-bond acceptors (Lipinski definition) is 3. The van der Waals surface area contributed by atoms with Gasteiger partial charge in [-0.05, 0) is 24.0 Å². The Kier molecular flexibility index (Phi) is 9.42. The highest BCUT2D eigenvalue weighted by Gasteiger charge is 2.25. The summed E-state index contributed by atoms with van der Waals surface area (Å²) in [6.45, 7) is 14.3. The number of aliphatic hydroxyl groups is 1. The first-order valence-electron chi connectivity index (χ1n) is 10.3. The van der Waals surface area contributed by atoms with Crippen LogP contribution in [0.4, 0.5) is 0 Å². The molecule has 0 bridgehead atoms. The van der Waals surface area contributed by atoms with Crippen LogP contribution in [0.1, 0.15) is 31.9 Å². The van der Waals surface area contributed by atoms with Crippen LogP contribution in [0.3, 0.4) is 0 Å². The minimum atomic E-state index is 0.143. The third kappa shape index (κ3) is 6.90. The van der Waals surface area contributed by atoms with Crippen LogP contribution >= 0.6 is 0 Å². The molecule has 0 unspecified atom stereocenters. The molecule has 0 spiro atoms. The zero-order chi connectivity index (χ0) is 20.4. The smallest absolute Gasteiger partial charge is 0.0589 e. The van der Waals surface area contributed by atoms with Gasteiger partial charge in [-0.15, -0.1) is 6.58 Å². The third-order valence-corrected chi connectivity index (χ3v) is 5.37. The monoisotopic (exact) mass is 380 g/mol. The van der Waals surface area contributed by atoms with Crippen LogP contribution in [-0.2, 0) is 13.1 Å². The van der Waals surface area contributed by atoms with E-state index in [1.54, 1.807) is 0 Å². The van der Waals surface area contributed by atoms with Gasteiger partial charge in [0.15, 0.2) is 0 Å². The fraction of sp³-hybridized carbons (Fsp3) is 0.440. The van der Waals surface area contributed by atoms with Gasteiger partial charge in [0, 0.05) is 38.3 Å². The van der Waals surface area contributed by atoms with Crippen molar-refractivity contribution in [2.24, 2.45) is 5.92 Å². The second-order valence-corrected chi connectivity index (χ2v) is 7.96. The summed E-state index contributed by atoms with van der Waals surface area (Å²) in [5, 5.41) is 10.1. The van der Waals surface area contributed by atoms with E-state index in [1.165, 1.54) is 11.1 Å². The maximum absolute atomic E-state index is 10.1. The van der Waals surface area contributed by atoms with Crippen molar-refractivity contribution in [3.63, 3.8) is 0 Å². The van der Waals surface area contributed by atoms with Crippen molar-refractivity contribution in [3.8, 4) is 0 Å². The number of nitrogens with zero attached hydrogens (tertiary/aromatic N) is 2. The van der Waals surface area contributed by atoms with Gasteiger partial charge in [0.05, 0.1) is 6.61 Å². The topological polar surface area (TPSA) is 26.7 Å². The van der Waals surface area contributed by atoms with Crippen LogP contribution in [0, 0.1) is 5.92 Å². The zero-order valence-electron chi connectivity index (χ0n) is 17.7. The summed E-state index contributed by atoms with van der Waals surface area (Å²) >= 11 is 0. The van der Waals surface area contributed by atoms with Crippen LogP contribution < -0.4 is 0 Å². The molecule has 0 radical (unpaired) electrons. The average Bonchev–Trinajstić information content (AvgIpc) is 2.69. The van der Waals surface area contributed by atoms with Gasteiger partial charge in [0.2, 0.25) is 0 Å². The summed E-state index contributed by atoms with van der Waals surface area (Å²) in [5.41, 5.74) is 2.60. The molecule has 0 saturated carbocycles. The largest absolute Gasteiger partial charge is 0.395 e. The standard InChI is InChI=1S/C25H36N2O/c1-5-16-26(18-23-12-8-6-9-13-23)22(4)17-27(25(20-28)21(2)3)19-24-14-10-7-11-15-24/h5-15,21-22,25,28H,1,16-20H2,2-4H3/t22-,25+/m0/s1. The first-order valence-corrected chi connectivity index (χ1v) is 10.3. The van der Waals surface area contributed by atoms with Gasteiger partial charge in [-0.25, -0.2) is 0 Å². The Morgan fingerprint density at radius 1 is 0.857 bits per heavy atom. The fourth-order valence-electron chi connectivity index (χ4n) is 3.72. The molecule has 0 aliphatic rings. The molecule has 0 aromatic heterocycles. The van der Waals surface area contributed by atoms with E-state index in [0.29, 0.717) is 12.0 Å². The number of benzene rings is 2. The van der Waals surface area contributed by atoms with Crippen molar-refractivity contribution in [1.82, 2.24) is 9.80 Å². The molecule has 2 rings (SSSR count). The lowest BCUT2D eigenvalue weighted by Crippen LogP contribution is -2.48. The van der Waals surface area contributed by atoms with Crippen LogP contribution in [0.2, 0.25) is 0 Å². The van der Waals surface area contributed by atoms with Gasteiger partial charge >= 0.3 is 0 Å². The highest BCUT2D eigenvalue weighted by Crippen LogP contribution is 2.18. The van der Waals surface area contributed by atoms with Gasteiger partial charge in [-0.1, -0.05) is 80.6 Å². The molecule has 28 heavy (non-hydrogen) atoms. The number of hydrogen-bond donors (Lipinski definition) is 1. The minimum absolute atomic E-state index is 0.143. The lowest BCUT2D eigenvalue weighted by atomic mass is 10.0. The van der Waals surface area contributed by atoms with Crippen LogP contribution in [-0.4, -0.2) is 46.7 Å². The van der Waals surface area contributed by atoms with Crippen molar-refractivity contribution in [2.75, 3.05) is 19.7 Å². The molecule has 0 fully saturated rings. The quantitative estimate of drug-likeness (QED) is 0.546. The Hall–Kier alpha value is -1.94. The molecule has 0 saturated heterocycles. The van der Waals surface area contributed by atoms with E-state index in [1.807, 2.05) is 12.1 Å². The van der Waals surface area contributed by atoms with E-state index in [9.17, 15) is 5.11 Å². The Labute approximate surface area is 171 Å². The van der Waals surface area contributed by atoms with E-state index < -0.39 is 0 Å². The molecule has 0 heterocycles. The molecule has 2 aromatic rings. The second-order valence-electron chi connectivity index (χ2n) is 7.96. The normalized spacial score (nSPS) is 13.8. The van der Waals surface area contributed by atoms with Gasteiger partial charge in [-0.3, -0.25) is 9.80 Å².